The van der Waals surface area contributed by atoms with Gasteiger partial charge in [0.2, 0.25) is 0 Å². The highest BCUT2D eigenvalue weighted by Gasteiger charge is 2.33. The molecule has 5 nitrogen and oxygen atoms in total. The van der Waals surface area contributed by atoms with Crippen LogP contribution in [0.1, 0.15) is 11.1 Å². The first-order valence-corrected chi connectivity index (χ1v) is 11.4. The highest BCUT2D eigenvalue weighted by atomic mass is 32.2. The van der Waals surface area contributed by atoms with Crippen molar-refractivity contribution in [1.29, 1.82) is 5.26 Å². The number of aliphatic imine (C=N–C) groups is 1. The van der Waals surface area contributed by atoms with E-state index in [1.54, 1.807) is 4.90 Å². The quantitative estimate of drug-likeness (QED) is 0.354. The molecular formula is C27H20N4OS. The van der Waals surface area contributed by atoms with Gasteiger partial charge in [0.05, 0.1) is 23.2 Å². The zero-order chi connectivity index (χ0) is 22.6. The minimum Gasteiger partial charge on any atom is -0.333 e. The van der Waals surface area contributed by atoms with E-state index >= 15 is 0 Å². The van der Waals surface area contributed by atoms with Crippen molar-refractivity contribution in [3.8, 4) is 6.07 Å². The monoisotopic (exact) mass is 448 g/mol. The Morgan fingerprint density at radius 2 is 1.64 bits per heavy atom. The van der Waals surface area contributed by atoms with Crippen LogP contribution in [0, 0.1) is 11.3 Å². The van der Waals surface area contributed by atoms with Gasteiger partial charge >= 0.3 is 0 Å². The third kappa shape index (κ3) is 4.32. The molecule has 1 aliphatic rings. The smallest absolute Gasteiger partial charge is 0.267 e. The Balaban J connectivity index is 1.56. The summed E-state index contributed by atoms with van der Waals surface area (Å²) >= 11 is 1.38. The second-order valence-electron chi connectivity index (χ2n) is 7.61. The molecule has 2 heterocycles. The summed E-state index contributed by atoms with van der Waals surface area (Å²) in [6.07, 6.45) is 3.84. The number of amides is 1. The molecule has 0 aliphatic carbocycles. The number of para-hydroxylation sites is 2. The van der Waals surface area contributed by atoms with Crippen LogP contribution in [0.5, 0.6) is 0 Å². The van der Waals surface area contributed by atoms with Gasteiger partial charge in [0.25, 0.3) is 5.91 Å². The Hall–Kier alpha value is -4.08. The van der Waals surface area contributed by atoms with Crippen molar-refractivity contribution >= 4 is 45.5 Å². The molecule has 3 aromatic carbocycles. The zero-order valence-electron chi connectivity index (χ0n) is 17.8. The molecule has 33 heavy (non-hydrogen) atoms. The fourth-order valence-corrected chi connectivity index (χ4v) is 4.84. The van der Waals surface area contributed by atoms with Crippen LogP contribution in [0.4, 0.5) is 5.69 Å². The molecule has 4 aromatic rings. The molecule has 0 radical (unpaired) electrons. The summed E-state index contributed by atoms with van der Waals surface area (Å²) in [5.74, 6) is -0.0735. The summed E-state index contributed by atoms with van der Waals surface area (Å²) in [5, 5.41) is 10.9. The van der Waals surface area contributed by atoms with E-state index in [9.17, 15) is 10.1 Å². The molecule has 1 amide bonds. The van der Waals surface area contributed by atoms with E-state index < -0.39 is 0 Å². The Morgan fingerprint density at radius 3 is 2.39 bits per heavy atom. The van der Waals surface area contributed by atoms with Crippen LogP contribution in [0.3, 0.4) is 0 Å². The van der Waals surface area contributed by atoms with E-state index in [0.29, 0.717) is 16.6 Å². The molecule has 0 N–H and O–H groups in total. The molecule has 0 unspecified atom stereocenters. The van der Waals surface area contributed by atoms with E-state index in [1.165, 1.54) is 11.8 Å². The van der Waals surface area contributed by atoms with Gasteiger partial charge in [0, 0.05) is 22.7 Å². The third-order valence-electron chi connectivity index (χ3n) is 5.40. The van der Waals surface area contributed by atoms with E-state index in [2.05, 4.69) is 6.07 Å². The minimum absolute atomic E-state index is 0.0735. The number of carbonyl (C=O) groups is 1. The van der Waals surface area contributed by atoms with Gasteiger partial charge in [-0.1, -0.05) is 66.7 Å². The van der Waals surface area contributed by atoms with Crippen molar-refractivity contribution in [2.75, 3.05) is 0 Å². The fourth-order valence-electron chi connectivity index (χ4n) is 3.85. The predicted molar refractivity (Wildman–Crippen MR) is 134 cm³/mol. The number of rotatable bonds is 5. The van der Waals surface area contributed by atoms with E-state index in [-0.39, 0.29) is 12.5 Å². The Bertz CT molecular complexity index is 1420. The predicted octanol–water partition coefficient (Wildman–Crippen LogP) is 5.97. The third-order valence-corrected chi connectivity index (χ3v) is 6.41. The average molecular weight is 449 g/mol. The molecule has 1 aliphatic heterocycles. The van der Waals surface area contributed by atoms with E-state index in [1.807, 2.05) is 102 Å². The van der Waals surface area contributed by atoms with Crippen LogP contribution in [0.15, 0.2) is 101 Å². The molecule has 1 aromatic heterocycles. The maximum absolute atomic E-state index is 13.5. The molecule has 0 spiro atoms. The standard InChI is InChI=1S/C27H20N4OS/c28-15-16-30-19-21(23-13-7-8-14-24(23)30)17-25-26(32)31(18-20-9-3-1-4-10-20)27(33-25)29-22-11-5-2-6-12-22/h1-14,17,19H,16,18H2/b25-17-,29-27?. The first-order chi connectivity index (χ1) is 16.2. The first-order valence-electron chi connectivity index (χ1n) is 10.6. The molecular weight excluding hydrogens is 428 g/mol. The Labute approximate surface area is 196 Å². The highest BCUT2D eigenvalue weighted by Crippen LogP contribution is 2.36. The summed E-state index contributed by atoms with van der Waals surface area (Å²) in [5.41, 5.74) is 3.73. The lowest BCUT2D eigenvalue weighted by molar-refractivity contribution is -0.122. The summed E-state index contributed by atoms with van der Waals surface area (Å²) < 4.78 is 1.91. The summed E-state index contributed by atoms with van der Waals surface area (Å²) in [4.78, 5) is 20.6. The number of nitrogens with zero attached hydrogens (tertiary/aromatic N) is 4. The largest absolute Gasteiger partial charge is 0.333 e. The van der Waals surface area contributed by atoms with Gasteiger partial charge in [-0.15, -0.1) is 0 Å². The van der Waals surface area contributed by atoms with E-state index in [4.69, 9.17) is 4.99 Å². The second-order valence-corrected chi connectivity index (χ2v) is 8.61. The van der Waals surface area contributed by atoms with Gasteiger partial charge in [-0.2, -0.15) is 5.26 Å². The van der Waals surface area contributed by atoms with Gasteiger partial charge in [0.15, 0.2) is 5.17 Å². The van der Waals surface area contributed by atoms with Crippen molar-refractivity contribution in [3.05, 3.63) is 107 Å². The number of benzene rings is 3. The molecule has 0 saturated carbocycles. The Morgan fingerprint density at radius 1 is 0.939 bits per heavy atom. The highest BCUT2D eigenvalue weighted by molar-refractivity contribution is 8.18. The molecule has 0 atom stereocenters. The van der Waals surface area contributed by atoms with Crippen LogP contribution in [-0.4, -0.2) is 20.5 Å². The van der Waals surface area contributed by atoms with E-state index in [0.717, 1.165) is 27.7 Å². The lowest BCUT2D eigenvalue weighted by atomic mass is 10.1. The van der Waals surface area contributed by atoms with Crippen LogP contribution in [-0.2, 0) is 17.9 Å². The average Bonchev–Trinajstić information content (AvgIpc) is 3.33. The Kier molecular flexibility index (Phi) is 5.79. The van der Waals surface area contributed by atoms with Gasteiger partial charge < -0.3 is 4.57 Å². The fraction of sp³-hybridized carbons (Fsp3) is 0.0741. The maximum Gasteiger partial charge on any atom is 0.267 e. The van der Waals surface area contributed by atoms with Gasteiger partial charge in [-0.25, -0.2) is 4.99 Å². The molecule has 1 saturated heterocycles. The van der Waals surface area contributed by atoms with Crippen molar-refractivity contribution in [2.24, 2.45) is 4.99 Å². The van der Waals surface area contributed by atoms with Crippen LogP contribution in [0.25, 0.3) is 17.0 Å². The number of nitriles is 1. The summed E-state index contributed by atoms with van der Waals surface area (Å²) in [6, 6.07) is 29.7. The second kappa shape index (κ2) is 9.19. The molecule has 6 heteroatoms. The topological polar surface area (TPSA) is 61.4 Å². The molecule has 5 rings (SSSR count). The SMILES string of the molecule is N#CCn1cc(/C=C2\SC(=Nc3ccccc3)N(Cc3ccccc3)C2=O)c2ccccc21. The lowest BCUT2D eigenvalue weighted by Crippen LogP contribution is -2.28. The summed E-state index contributed by atoms with van der Waals surface area (Å²) in [7, 11) is 0. The van der Waals surface area contributed by atoms with Gasteiger partial charge in [0.1, 0.15) is 6.54 Å². The number of thioether (sulfide) groups is 1. The van der Waals surface area contributed by atoms with Crippen molar-refractivity contribution in [2.45, 2.75) is 13.1 Å². The number of aromatic nitrogens is 1. The molecule has 0 bridgehead atoms. The molecule has 160 valence electrons. The lowest BCUT2D eigenvalue weighted by Gasteiger charge is -2.15. The van der Waals surface area contributed by atoms with Crippen molar-refractivity contribution in [1.82, 2.24) is 9.47 Å². The zero-order valence-corrected chi connectivity index (χ0v) is 18.6. The van der Waals surface area contributed by atoms with Crippen LogP contribution in [0.2, 0.25) is 0 Å². The van der Waals surface area contributed by atoms with Crippen molar-refractivity contribution in [3.63, 3.8) is 0 Å². The number of hydrogen-bond donors (Lipinski definition) is 0. The van der Waals surface area contributed by atoms with Crippen LogP contribution >= 0.6 is 11.8 Å². The number of fused-ring (bicyclic) bond motifs is 1. The van der Waals surface area contributed by atoms with Gasteiger partial charge in [-0.3, -0.25) is 9.69 Å². The normalized spacial score (nSPS) is 16.1. The van der Waals surface area contributed by atoms with Crippen LogP contribution < -0.4 is 0 Å². The molecule has 1 fully saturated rings. The first kappa shape index (κ1) is 20.8. The number of carbonyl (C=O) groups excluding carboxylic acids is 1. The summed E-state index contributed by atoms with van der Waals surface area (Å²) in [6.45, 7) is 0.706. The maximum atomic E-state index is 13.5. The number of hydrogen-bond acceptors (Lipinski definition) is 4. The minimum atomic E-state index is -0.0735. The number of amidine groups is 1. The van der Waals surface area contributed by atoms with Crippen molar-refractivity contribution < 1.29 is 4.79 Å². The van der Waals surface area contributed by atoms with Gasteiger partial charge in [-0.05, 0) is 41.6 Å².